The highest BCUT2D eigenvalue weighted by Gasteiger charge is 2.32. The number of urea groups is 1. The van der Waals surface area contributed by atoms with Crippen LogP contribution >= 0.6 is 11.6 Å². The molecule has 1 aliphatic heterocycles. The number of para-hydroxylation sites is 1. The average Bonchev–Trinajstić information content (AvgIpc) is 2.41. The quantitative estimate of drug-likeness (QED) is 0.876. The normalized spacial score (nSPS) is 19.0. The molecule has 0 spiro atoms. The first-order valence-electron chi connectivity index (χ1n) is 6.14. The largest absolute Gasteiger partial charge is 0.480 e. The van der Waals surface area contributed by atoms with Crippen molar-refractivity contribution in [3.63, 3.8) is 0 Å². The Bertz CT molecular complexity index is 493. The first-order chi connectivity index (χ1) is 9.09. The fourth-order valence-electron chi connectivity index (χ4n) is 2.18. The molecule has 1 heterocycles. The van der Waals surface area contributed by atoms with E-state index in [1.165, 1.54) is 4.90 Å². The molecule has 1 unspecified atom stereocenters. The number of nitrogens with zero attached hydrogens (tertiary/aromatic N) is 1. The van der Waals surface area contributed by atoms with E-state index >= 15 is 0 Å². The molecule has 1 aromatic carbocycles. The average molecular weight is 283 g/mol. The standard InChI is InChI=1S/C13H15ClN2O3/c14-9-5-1-2-6-10(9)15-13(19)16-8-4-3-7-11(16)12(17)18/h1-2,5-6,11H,3-4,7-8H2,(H,15,19)(H,17,18). The van der Waals surface area contributed by atoms with Gasteiger partial charge in [0.15, 0.2) is 0 Å². The number of anilines is 1. The van der Waals surface area contributed by atoms with Crippen molar-refractivity contribution < 1.29 is 14.7 Å². The summed E-state index contributed by atoms with van der Waals surface area (Å²) in [6, 6.07) is 5.70. The van der Waals surface area contributed by atoms with Gasteiger partial charge < -0.3 is 15.3 Å². The number of halogens is 1. The number of hydrogen-bond acceptors (Lipinski definition) is 2. The number of carbonyl (C=O) groups excluding carboxylic acids is 1. The van der Waals surface area contributed by atoms with E-state index in [1.807, 2.05) is 0 Å². The third-order valence-electron chi connectivity index (χ3n) is 3.16. The molecular formula is C13H15ClN2O3. The number of carbonyl (C=O) groups is 2. The molecule has 1 saturated heterocycles. The highest BCUT2D eigenvalue weighted by atomic mass is 35.5. The molecule has 5 nitrogen and oxygen atoms in total. The van der Waals surface area contributed by atoms with E-state index in [4.69, 9.17) is 16.7 Å². The molecule has 102 valence electrons. The first-order valence-corrected chi connectivity index (χ1v) is 6.52. The molecule has 2 rings (SSSR count). The zero-order valence-electron chi connectivity index (χ0n) is 10.3. The number of piperidine rings is 1. The highest BCUT2D eigenvalue weighted by molar-refractivity contribution is 6.33. The predicted molar refractivity (Wildman–Crippen MR) is 72.5 cm³/mol. The zero-order chi connectivity index (χ0) is 13.8. The van der Waals surface area contributed by atoms with Crippen molar-refractivity contribution in [2.45, 2.75) is 25.3 Å². The van der Waals surface area contributed by atoms with Gasteiger partial charge in [-0.25, -0.2) is 9.59 Å². The van der Waals surface area contributed by atoms with Gasteiger partial charge in [0.1, 0.15) is 6.04 Å². The molecule has 0 saturated carbocycles. The van der Waals surface area contributed by atoms with E-state index in [2.05, 4.69) is 5.32 Å². The number of benzene rings is 1. The van der Waals surface area contributed by atoms with Crippen molar-refractivity contribution in [2.75, 3.05) is 11.9 Å². The number of carboxylic acid groups (broad SMARTS) is 1. The molecule has 0 radical (unpaired) electrons. The van der Waals surface area contributed by atoms with Gasteiger partial charge in [0.05, 0.1) is 10.7 Å². The lowest BCUT2D eigenvalue weighted by atomic mass is 10.0. The van der Waals surface area contributed by atoms with Gasteiger partial charge in [-0.3, -0.25) is 0 Å². The first kappa shape index (κ1) is 13.7. The summed E-state index contributed by atoms with van der Waals surface area (Å²) in [5, 5.41) is 12.2. The topological polar surface area (TPSA) is 69.6 Å². The Balaban J connectivity index is 2.10. The maximum absolute atomic E-state index is 12.1. The molecule has 0 aliphatic carbocycles. The van der Waals surface area contributed by atoms with Crippen molar-refractivity contribution in [1.29, 1.82) is 0 Å². The number of nitrogens with one attached hydrogen (secondary N) is 1. The lowest BCUT2D eigenvalue weighted by Gasteiger charge is -2.32. The smallest absolute Gasteiger partial charge is 0.326 e. The Morgan fingerprint density at radius 1 is 1.32 bits per heavy atom. The molecule has 1 fully saturated rings. The van der Waals surface area contributed by atoms with Crippen molar-refractivity contribution in [1.82, 2.24) is 4.90 Å². The van der Waals surface area contributed by atoms with Crippen LogP contribution in [0.25, 0.3) is 0 Å². The Labute approximate surface area is 116 Å². The summed E-state index contributed by atoms with van der Waals surface area (Å²) in [5.74, 6) is -0.964. The van der Waals surface area contributed by atoms with Crippen LogP contribution in [0.2, 0.25) is 5.02 Å². The predicted octanol–water partition coefficient (Wildman–Crippen LogP) is 2.81. The minimum atomic E-state index is -0.964. The van der Waals surface area contributed by atoms with Crippen LogP contribution < -0.4 is 5.32 Å². The monoisotopic (exact) mass is 282 g/mol. The molecule has 1 aliphatic rings. The number of carboxylic acids is 1. The van der Waals surface area contributed by atoms with E-state index in [9.17, 15) is 9.59 Å². The van der Waals surface area contributed by atoms with Crippen LogP contribution in [0.5, 0.6) is 0 Å². The van der Waals surface area contributed by atoms with E-state index < -0.39 is 18.0 Å². The van der Waals surface area contributed by atoms with Gasteiger partial charge in [0, 0.05) is 6.54 Å². The van der Waals surface area contributed by atoms with Crippen LogP contribution in [0.1, 0.15) is 19.3 Å². The molecule has 2 N–H and O–H groups in total. The second-order valence-corrected chi connectivity index (χ2v) is 4.86. The molecule has 0 bridgehead atoms. The summed E-state index contributed by atoms with van der Waals surface area (Å²) in [6.45, 7) is 0.452. The Hall–Kier alpha value is -1.75. The van der Waals surface area contributed by atoms with Crippen LogP contribution in [0.15, 0.2) is 24.3 Å². The van der Waals surface area contributed by atoms with E-state index in [0.29, 0.717) is 23.7 Å². The maximum atomic E-state index is 12.1. The summed E-state index contributed by atoms with van der Waals surface area (Å²) >= 11 is 5.96. The minimum absolute atomic E-state index is 0.416. The summed E-state index contributed by atoms with van der Waals surface area (Å²) in [6.07, 6.45) is 2.14. The van der Waals surface area contributed by atoms with Crippen LogP contribution in [0.4, 0.5) is 10.5 Å². The lowest BCUT2D eigenvalue weighted by molar-refractivity contribution is -0.143. The number of rotatable bonds is 2. The minimum Gasteiger partial charge on any atom is -0.480 e. The van der Waals surface area contributed by atoms with Crippen LogP contribution in [-0.2, 0) is 4.79 Å². The number of aliphatic carboxylic acids is 1. The third-order valence-corrected chi connectivity index (χ3v) is 3.49. The maximum Gasteiger partial charge on any atom is 0.326 e. The van der Waals surface area contributed by atoms with Crippen molar-refractivity contribution in [3.8, 4) is 0 Å². The Morgan fingerprint density at radius 2 is 2.05 bits per heavy atom. The lowest BCUT2D eigenvalue weighted by Crippen LogP contribution is -2.49. The molecular weight excluding hydrogens is 268 g/mol. The summed E-state index contributed by atoms with van der Waals surface area (Å²) in [7, 11) is 0. The van der Waals surface area contributed by atoms with E-state index in [-0.39, 0.29) is 0 Å². The Kier molecular flexibility index (Phi) is 4.27. The van der Waals surface area contributed by atoms with Gasteiger partial charge in [-0.2, -0.15) is 0 Å². The van der Waals surface area contributed by atoms with Crippen molar-refractivity contribution >= 4 is 29.3 Å². The molecule has 1 aromatic rings. The summed E-state index contributed by atoms with van der Waals surface area (Å²) < 4.78 is 0. The fourth-order valence-corrected chi connectivity index (χ4v) is 2.36. The molecule has 2 amide bonds. The van der Waals surface area contributed by atoms with E-state index in [1.54, 1.807) is 24.3 Å². The van der Waals surface area contributed by atoms with Gasteiger partial charge >= 0.3 is 12.0 Å². The van der Waals surface area contributed by atoms with Gasteiger partial charge in [-0.1, -0.05) is 23.7 Å². The second-order valence-electron chi connectivity index (χ2n) is 4.45. The summed E-state index contributed by atoms with van der Waals surface area (Å²) in [5.41, 5.74) is 0.490. The molecule has 19 heavy (non-hydrogen) atoms. The van der Waals surface area contributed by atoms with Crippen LogP contribution in [0.3, 0.4) is 0 Å². The number of hydrogen-bond donors (Lipinski definition) is 2. The summed E-state index contributed by atoms with van der Waals surface area (Å²) in [4.78, 5) is 24.6. The van der Waals surface area contributed by atoms with Crippen molar-refractivity contribution in [3.05, 3.63) is 29.3 Å². The van der Waals surface area contributed by atoms with Gasteiger partial charge in [-0.05, 0) is 31.4 Å². The number of amides is 2. The second kappa shape index (κ2) is 5.93. The Morgan fingerprint density at radius 3 is 2.74 bits per heavy atom. The van der Waals surface area contributed by atoms with Gasteiger partial charge in [0.2, 0.25) is 0 Å². The van der Waals surface area contributed by atoms with Gasteiger partial charge in [-0.15, -0.1) is 0 Å². The van der Waals surface area contributed by atoms with E-state index in [0.717, 1.165) is 12.8 Å². The van der Waals surface area contributed by atoms with Crippen LogP contribution in [-0.4, -0.2) is 34.6 Å². The van der Waals surface area contributed by atoms with Crippen LogP contribution in [0, 0.1) is 0 Å². The molecule has 6 heteroatoms. The third kappa shape index (κ3) is 3.17. The molecule has 0 aromatic heterocycles. The van der Waals surface area contributed by atoms with Crippen molar-refractivity contribution in [2.24, 2.45) is 0 Å². The zero-order valence-corrected chi connectivity index (χ0v) is 11.1. The van der Waals surface area contributed by atoms with Gasteiger partial charge in [0.25, 0.3) is 0 Å². The molecule has 1 atom stereocenters. The fraction of sp³-hybridized carbons (Fsp3) is 0.385. The number of likely N-dealkylation sites (tertiary alicyclic amines) is 1. The SMILES string of the molecule is O=C(O)C1CCCCN1C(=O)Nc1ccccc1Cl. The highest BCUT2D eigenvalue weighted by Crippen LogP contribution is 2.23.